The lowest BCUT2D eigenvalue weighted by molar-refractivity contribution is -0.131. The molecular formula is C23H32N6O2. The standard InChI is InChI=1S/C23H32N6O2/c1-24-23(27(2)18-19-31-20-8-4-3-5-9-20)26-13-11-22(30)29-16-14-28(15-17-29)21-10-6-7-12-25-21/h3-10,12H,11,13-19H2,1-2H3,(H,24,26). The Balaban J connectivity index is 1.34. The normalized spacial score (nSPS) is 14.3. The molecule has 0 aliphatic carbocycles. The third-order valence-electron chi connectivity index (χ3n) is 5.24. The van der Waals surface area contributed by atoms with E-state index in [1.54, 1.807) is 13.2 Å². The quantitative estimate of drug-likeness (QED) is 0.514. The van der Waals surface area contributed by atoms with E-state index in [1.807, 2.05) is 65.4 Å². The first kappa shape index (κ1) is 22.4. The van der Waals surface area contributed by atoms with E-state index in [9.17, 15) is 4.79 Å². The van der Waals surface area contributed by atoms with Gasteiger partial charge in [-0.2, -0.15) is 0 Å². The van der Waals surface area contributed by atoms with Crippen molar-refractivity contribution in [2.45, 2.75) is 6.42 Å². The van der Waals surface area contributed by atoms with E-state index in [0.29, 0.717) is 26.1 Å². The molecule has 1 N–H and O–H groups in total. The van der Waals surface area contributed by atoms with E-state index in [0.717, 1.165) is 43.7 Å². The Labute approximate surface area is 184 Å². The van der Waals surface area contributed by atoms with Gasteiger partial charge < -0.3 is 24.8 Å². The van der Waals surface area contributed by atoms with Crippen molar-refractivity contribution in [3.05, 3.63) is 54.7 Å². The molecule has 1 saturated heterocycles. The smallest absolute Gasteiger partial charge is 0.224 e. The lowest BCUT2D eigenvalue weighted by Gasteiger charge is -2.35. The fraction of sp³-hybridized carbons (Fsp3) is 0.435. The Kier molecular flexibility index (Phi) is 8.51. The van der Waals surface area contributed by atoms with E-state index in [1.165, 1.54) is 0 Å². The number of piperazine rings is 1. The van der Waals surface area contributed by atoms with Gasteiger partial charge in [-0.25, -0.2) is 4.98 Å². The summed E-state index contributed by atoms with van der Waals surface area (Å²) in [4.78, 5) is 27.4. The molecule has 166 valence electrons. The number of rotatable bonds is 8. The van der Waals surface area contributed by atoms with Crippen molar-refractivity contribution in [3.8, 4) is 5.75 Å². The number of carbonyl (C=O) groups excluding carboxylic acids is 1. The molecule has 0 atom stereocenters. The van der Waals surface area contributed by atoms with Crippen molar-refractivity contribution in [2.24, 2.45) is 4.99 Å². The van der Waals surface area contributed by atoms with Crippen molar-refractivity contribution >= 4 is 17.7 Å². The number of likely N-dealkylation sites (N-methyl/N-ethyl adjacent to an activating group) is 1. The highest BCUT2D eigenvalue weighted by molar-refractivity contribution is 5.81. The lowest BCUT2D eigenvalue weighted by Crippen LogP contribution is -2.49. The Bertz CT molecular complexity index is 822. The second-order valence-corrected chi connectivity index (χ2v) is 7.36. The zero-order chi connectivity index (χ0) is 21.9. The number of nitrogens with zero attached hydrogens (tertiary/aromatic N) is 5. The molecule has 0 saturated carbocycles. The van der Waals surface area contributed by atoms with Crippen LogP contribution in [0.1, 0.15) is 6.42 Å². The molecule has 1 fully saturated rings. The van der Waals surface area contributed by atoms with Crippen LogP contribution in [0.4, 0.5) is 5.82 Å². The van der Waals surface area contributed by atoms with Gasteiger partial charge in [0.15, 0.2) is 5.96 Å². The predicted molar refractivity (Wildman–Crippen MR) is 124 cm³/mol. The number of aliphatic imine (C=N–C) groups is 1. The summed E-state index contributed by atoms with van der Waals surface area (Å²) in [5.74, 6) is 2.75. The molecule has 1 aromatic heterocycles. The topological polar surface area (TPSA) is 73.3 Å². The minimum atomic E-state index is 0.165. The minimum Gasteiger partial charge on any atom is -0.492 e. The van der Waals surface area contributed by atoms with Crippen LogP contribution >= 0.6 is 0 Å². The summed E-state index contributed by atoms with van der Waals surface area (Å²) in [5.41, 5.74) is 0. The summed E-state index contributed by atoms with van der Waals surface area (Å²) < 4.78 is 5.74. The van der Waals surface area contributed by atoms with Gasteiger partial charge in [0.2, 0.25) is 5.91 Å². The molecule has 0 radical (unpaired) electrons. The van der Waals surface area contributed by atoms with Gasteiger partial charge in [-0.15, -0.1) is 0 Å². The Morgan fingerprint density at radius 2 is 1.87 bits per heavy atom. The molecule has 2 aromatic rings. The summed E-state index contributed by atoms with van der Waals surface area (Å²) in [6, 6.07) is 15.7. The van der Waals surface area contributed by atoms with Gasteiger partial charge in [-0.1, -0.05) is 24.3 Å². The summed E-state index contributed by atoms with van der Waals surface area (Å²) in [6.07, 6.45) is 2.24. The van der Waals surface area contributed by atoms with Crippen LogP contribution in [-0.2, 0) is 4.79 Å². The molecule has 31 heavy (non-hydrogen) atoms. The number of guanidine groups is 1. The second-order valence-electron chi connectivity index (χ2n) is 7.36. The number of aromatic nitrogens is 1. The number of benzene rings is 1. The van der Waals surface area contributed by atoms with Crippen LogP contribution in [0.25, 0.3) is 0 Å². The highest BCUT2D eigenvalue weighted by Crippen LogP contribution is 2.13. The predicted octanol–water partition coefficient (Wildman–Crippen LogP) is 1.71. The van der Waals surface area contributed by atoms with Crippen molar-refractivity contribution in [1.82, 2.24) is 20.1 Å². The molecule has 8 heteroatoms. The average molecular weight is 425 g/mol. The third-order valence-corrected chi connectivity index (χ3v) is 5.24. The summed E-state index contributed by atoms with van der Waals surface area (Å²) in [6.45, 7) is 4.86. The largest absolute Gasteiger partial charge is 0.492 e. The molecule has 1 amide bonds. The number of nitrogens with one attached hydrogen (secondary N) is 1. The zero-order valence-electron chi connectivity index (χ0n) is 18.4. The first-order chi connectivity index (χ1) is 15.2. The molecule has 2 heterocycles. The molecule has 1 aromatic carbocycles. The lowest BCUT2D eigenvalue weighted by atomic mass is 10.2. The molecule has 3 rings (SSSR count). The number of carbonyl (C=O) groups is 1. The molecular weight excluding hydrogens is 392 g/mol. The van der Waals surface area contributed by atoms with Gasteiger partial charge in [0.05, 0.1) is 6.54 Å². The van der Waals surface area contributed by atoms with Gasteiger partial charge >= 0.3 is 0 Å². The van der Waals surface area contributed by atoms with E-state index in [2.05, 4.69) is 20.2 Å². The minimum absolute atomic E-state index is 0.165. The molecule has 1 aliphatic heterocycles. The van der Waals surface area contributed by atoms with Gasteiger partial charge in [-0.3, -0.25) is 9.79 Å². The monoisotopic (exact) mass is 424 g/mol. The van der Waals surface area contributed by atoms with Crippen LogP contribution in [0.3, 0.4) is 0 Å². The van der Waals surface area contributed by atoms with Crippen molar-refractivity contribution in [2.75, 3.05) is 64.9 Å². The molecule has 1 aliphatic rings. The van der Waals surface area contributed by atoms with E-state index in [-0.39, 0.29) is 5.91 Å². The van der Waals surface area contributed by atoms with Crippen LogP contribution in [-0.4, -0.2) is 86.6 Å². The van der Waals surface area contributed by atoms with E-state index in [4.69, 9.17) is 4.74 Å². The Morgan fingerprint density at radius 1 is 1.13 bits per heavy atom. The maximum atomic E-state index is 12.6. The number of para-hydroxylation sites is 1. The van der Waals surface area contributed by atoms with E-state index < -0.39 is 0 Å². The first-order valence-electron chi connectivity index (χ1n) is 10.7. The average Bonchev–Trinajstić information content (AvgIpc) is 2.83. The summed E-state index contributed by atoms with van der Waals surface area (Å²) in [7, 11) is 3.71. The van der Waals surface area contributed by atoms with Crippen molar-refractivity contribution < 1.29 is 9.53 Å². The maximum absolute atomic E-state index is 12.6. The number of hydrogen-bond acceptors (Lipinski definition) is 5. The number of amides is 1. The Hall–Kier alpha value is -3.29. The summed E-state index contributed by atoms with van der Waals surface area (Å²) >= 11 is 0. The third kappa shape index (κ3) is 6.87. The molecule has 0 bridgehead atoms. The number of ether oxygens (including phenoxy) is 1. The van der Waals surface area contributed by atoms with Gasteiger partial charge in [0.1, 0.15) is 18.2 Å². The Morgan fingerprint density at radius 3 is 2.55 bits per heavy atom. The number of anilines is 1. The highest BCUT2D eigenvalue weighted by Gasteiger charge is 2.21. The molecule has 8 nitrogen and oxygen atoms in total. The van der Waals surface area contributed by atoms with Crippen LogP contribution in [0.5, 0.6) is 5.75 Å². The van der Waals surface area contributed by atoms with Crippen molar-refractivity contribution in [3.63, 3.8) is 0 Å². The summed E-state index contributed by atoms with van der Waals surface area (Å²) in [5, 5.41) is 3.27. The fourth-order valence-electron chi connectivity index (χ4n) is 3.47. The van der Waals surface area contributed by atoms with Crippen LogP contribution in [0.2, 0.25) is 0 Å². The second kappa shape index (κ2) is 11.8. The van der Waals surface area contributed by atoms with Crippen LogP contribution < -0.4 is 15.0 Å². The van der Waals surface area contributed by atoms with Crippen LogP contribution in [0, 0.1) is 0 Å². The van der Waals surface area contributed by atoms with Gasteiger partial charge in [-0.05, 0) is 24.3 Å². The molecule has 0 unspecified atom stereocenters. The zero-order valence-corrected chi connectivity index (χ0v) is 18.4. The van der Waals surface area contributed by atoms with Crippen LogP contribution in [0.15, 0.2) is 59.7 Å². The number of hydrogen-bond donors (Lipinski definition) is 1. The maximum Gasteiger partial charge on any atom is 0.224 e. The van der Waals surface area contributed by atoms with Gasteiger partial charge in [0, 0.05) is 59.4 Å². The molecule has 0 spiro atoms. The fourth-order valence-corrected chi connectivity index (χ4v) is 3.47. The highest BCUT2D eigenvalue weighted by atomic mass is 16.5. The number of pyridine rings is 1. The van der Waals surface area contributed by atoms with Crippen molar-refractivity contribution in [1.29, 1.82) is 0 Å². The SMILES string of the molecule is CN=C(NCCC(=O)N1CCN(c2ccccn2)CC1)N(C)CCOc1ccccc1. The van der Waals surface area contributed by atoms with E-state index >= 15 is 0 Å². The first-order valence-corrected chi connectivity index (χ1v) is 10.7. The van der Waals surface area contributed by atoms with Gasteiger partial charge in [0.25, 0.3) is 0 Å².